The average molecular weight is 522 g/mol. The van der Waals surface area contributed by atoms with E-state index in [0.29, 0.717) is 17.9 Å². The topological polar surface area (TPSA) is 194 Å². The first-order valence-corrected chi connectivity index (χ1v) is 13.9. The smallest absolute Gasteiger partial charge is 0.326 e. The fraction of sp³-hybridized carbons (Fsp3) is 0.762. The first-order valence-electron chi connectivity index (χ1n) is 11.1. The van der Waals surface area contributed by atoms with Gasteiger partial charge in [0.05, 0.1) is 6.04 Å². The van der Waals surface area contributed by atoms with Crippen LogP contribution in [0.1, 0.15) is 46.0 Å². The Morgan fingerprint density at radius 2 is 1.29 bits per heavy atom. The lowest BCUT2D eigenvalue weighted by molar-refractivity contribution is -0.142. The molecule has 0 aromatic rings. The third-order valence-corrected chi connectivity index (χ3v) is 6.14. The molecule has 0 aromatic carbocycles. The van der Waals surface area contributed by atoms with Crippen LogP contribution in [-0.4, -0.2) is 82.9 Å². The summed E-state index contributed by atoms with van der Waals surface area (Å²) < 4.78 is 0. The zero-order valence-electron chi connectivity index (χ0n) is 20.3. The van der Waals surface area contributed by atoms with E-state index < -0.39 is 53.8 Å². The molecule has 4 amide bonds. The van der Waals surface area contributed by atoms with Gasteiger partial charge < -0.3 is 32.5 Å². The van der Waals surface area contributed by atoms with Crippen LogP contribution < -0.4 is 27.4 Å². The normalized spacial score (nSPS) is 14.5. The first-order chi connectivity index (χ1) is 15.9. The molecule has 13 heteroatoms. The molecular formula is C21H39N5O6S2. The third kappa shape index (κ3) is 13.7. The number of carbonyl (C=O) groups excluding carboxylic acids is 4. The molecule has 34 heavy (non-hydrogen) atoms. The highest BCUT2D eigenvalue weighted by Gasteiger charge is 2.30. The number of nitrogens with one attached hydrogen (secondary N) is 3. The van der Waals surface area contributed by atoms with Crippen molar-refractivity contribution in [3.8, 4) is 0 Å². The number of thioether (sulfide) groups is 2. The van der Waals surface area contributed by atoms with E-state index in [0.717, 1.165) is 0 Å². The Balaban J connectivity index is 5.48. The molecular weight excluding hydrogens is 482 g/mol. The lowest BCUT2D eigenvalue weighted by Crippen LogP contribution is -2.57. The number of nitrogens with two attached hydrogens (primary N) is 2. The molecule has 0 rings (SSSR count). The summed E-state index contributed by atoms with van der Waals surface area (Å²) in [5.41, 5.74) is 11.1. The van der Waals surface area contributed by atoms with Gasteiger partial charge in [0.1, 0.15) is 18.1 Å². The minimum absolute atomic E-state index is 0.00384. The molecule has 4 unspecified atom stereocenters. The Bertz CT molecular complexity index is 695. The summed E-state index contributed by atoms with van der Waals surface area (Å²) in [7, 11) is 0. The summed E-state index contributed by atoms with van der Waals surface area (Å²) in [6.07, 6.45) is 4.37. The summed E-state index contributed by atoms with van der Waals surface area (Å²) in [5.74, 6) is -2.47. The molecule has 0 fully saturated rings. The van der Waals surface area contributed by atoms with Crippen molar-refractivity contribution in [3.63, 3.8) is 0 Å². The van der Waals surface area contributed by atoms with Gasteiger partial charge in [-0.1, -0.05) is 13.8 Å². The maximum atomic E-state index is 13.0. The highest BCUT2D eigenvalue weighted by Crippen LogP contribution is 2.09. The summed E-state index contributed by atoms with van der Waals surface area (Å²) in [6, 6.07) is -4.08. The number of primary amides is 1. The van der Waals surface area contributed by atoms with Crippen LogP contribution in [0.25, 0.3) is 0 Å². The van der Waals surface area contributed by atoms with Crippen LogP contribution in [-0.2, 0) is 24.0 Å². The monoisotopic (exact) mass is 521 g/mol. The van der Waals surface area contributed by atoms with Crippen molar-refractivity contribution in [2.24, 2.45) is 17.4 Å². The minimum atomic E-state index is -1.16. The van der Waals surface area contributed by atoms with Crippen molar-refractivity contribution in [1.29, 1.82) is 0 Å². The number of rotatable bonds is 18. The highest BCUT2D eigenvalue weighted by atomic mass is 32.2. The van der Waals surface area contributed by atoms with Crippen molar-refractivity contribution in [3.05, 3.63) is 0 Å². The SMILES string of the molecule is CSCCC(N)C(=O)NC(CCC(N)=O)C(=O)NC(CC(C)C)C(=O)NC(CCSC)C(=O)O. The van der Waals surface area contributed by atoms with E-state index in [1.165, 1.54) is 23.5 Å². The lowest BCUT2D eigenvalue weighted by atomic mass is 10.0. The van der Waals surface area contributed by atoms with Crippen LogP contribution in [0.3, 0.4) is 0 Å². The number of carbonyl (C=O) groups is 5. The summed E-state index contributed by atoms with van der Waals surface area (Å²) in [4.78, 5) is 61.1. The van der Waals surface area contributed by atoms with E-state index in [1.807, 2.05) is 26.4 Å². The molecule has 0 radical (unpaired) electrons. The summed E-state index contributed by atoms with van der Waals surface area (Å²) in [5, 5.41) is 17.0. The van der Waals surface area contributed by atoms with Crippen molar-refractivity contribution < 1.29 is 29.1 Å². The van der Waals surface area contributed by atoms with Gasteiger partial charge in [0.2, 0.25) is 23.6 Å². The van der Waals surface area contributed by atoms with Crippen molar-refractivity contribution in [2.45, 2.75) is 70.1 Å². The lowest BCUT2D eigenvalue weighted by Gasteiger charge is -2.26. The van der Waals surface area contributed by atoms with Gasteiger partial charge >= 0.3 is 5.97 Å². The highest BCUT2D eigenvalue weighted by molar-refractivity contribution is 7.98. The second-order valence-electron chi connectivity index (χ2n) is 8.33. The summed E-state index contributed by atoms with van der Waals surface area (Å²) in [6.45, 7) is 3.71. The molecule has 0 heterocycles. The van der Waals surface area contributed by atoms with E-state index in [4.69, 9.17) is 11.5 Å². The Kier molecular flexibility index (Phi) is 16.4. The molecule has 0 aliphatic carbocycles. The average Bonchev–Trinajstić information content (AvgIpc) is 2.75. The third-order valence-electron chi connectivity index (χ3n) is 4.85. The quantitative estimate of drug-likeness (QED) is 0.140. The molecule has 0 spiro atoms. The largest absolute Gasteiger partial charge is 0.480 e. The van der Waals surface area contributed by atoms with Gasteiger partial charge in [-0.25, -0.2) is 4.79 Å². The molecule has 0 aliphatic heterocycles. The Labute approximate surface area is 209 Å². The van der Waals surface area contributed by atoms with Crippen molar-refractivity contribution >= 4 is 53.1 Å². The Morgan fingerprint density at radius 1 is 0.794 bits per heavy atom. The maximum absolute atomic E-state index is 13.0. The second kappa shape index (κ2) is 17.4. The number of hydrogen-bond acceptors (Lipinski definition) is 8. The number of hydrogen-bond donors (Lipinski definition) is 6. The van der Waals surface area contributed by atoms with Crippen LogP contribution >= 0.6 is 23.5 Å². The van der Waals surface area contributed by atoms with Gasteiger partial charge in [-0.3, -0.25) is 19.2 Å². The van der Waals surface area contributed by atoms with Gasteiger partial charge in [-0.2, -0.15) is 23.5 Å². The molecule has 0 aromatic heterocycles. The molecule has 0 aliphatic rings. The molecule has 11 nitrogen and oxygen atoms in total. The van der Waals surface area contributed by atoms with Crippen molar-refractivity contribution in [1.82, 2.24) is 16.0 Å². The van der Waals surface area contributed by atoms with Crippen LogP contribution in [0.15, 0.2) is 0 Å². The zero-order valence-corrected chi connectivity index (χ0v) is 21.9. The summed E-state index contributed by atoms with van der Waals surface area (Å²) >= 11 is 2.98. The second-order valence-corrected chi connectivity index (χ2v) is 10.3. The molecule has 0 bridgehead atoms. The van der Waals surface area contributed by atoms with Crippen LogP contribution in [0.2, 0.25) is 0 Å². The Hall–Kier alpha value is -1.99. The van der Waals surface area contributed by atoms with E-state index in [-0.39, 0.29) is 31.6 Å². The van der Waals surface area contributed by atoms with Gasteiger partial charge in [-0.15, -0.1) is 0 Å². The van der Waals surface area contributed by atoms with Gasteiger partial charge in [0.25, 0.3) is 0 Å². The standard InChI is InChI=1S/C21H39N5O6S2/c1-12(2)11-16(20(30)25-15(21(31)32)8-10-34-4)26-19(29)14(5-6-17(23)27)24-18(28)13(22)7-9-33-3/h12-16H,5-11,22H2,1-4H3,(H2,23,27)(H,24,28)(H,25,30)(H,26,29)(H,31,32). The Morgan fingerprint density at radius 3 is 1.79 bits per heavy atom. The van der Waals surface area contributed by atoms with Gasteiger partial charge in [0, 0.05) is 6.42 Å². The van der Waals surface area contributed by atoms with Crippen LogP contribution in [0.5, 0.6) is 0 Å². The van der Waals surface area contributed by atoms with E-state index >= 15 is 0 Å². The first kappa shape index (κ1) is 32.0. The maximum Gasteiger partial charge on any atom is 0.326 e. The molecule has 0 saturated carbocycles. The number of carboxylic acids is 1. The molecule has 196 valence electrons. The van der Waals surface area contributed by atoms with Gasteiger partial charge in [-0.05, 0) is 55.6 Å². The molecule has 8 N–H and O–H groups in total. The zero-order chi connectivity index (χ0) is 26.3. The fourth-order valence-corrected chi connectivity index (χ4v) is 3.91. The van der Waals surface area contributed by atoms with E-state index in [9.17, 15) is 29.1 Å². The van der Waals surface area contributed by atoms with Crippen LogP contribution in [0, 0.1) is 5.92 Å². The minimum Gasteiger partial charge on any atom is -0.480 e. The predicted octanol–water partition coefficient (Wildman–Crippen LogP) is -0.329. The van der Waals surface area contributed by atoms with Crippen molar-refractivity contribution in [2.75, 3.05) is 24.0 Å². The number of carboxylic acid groups (broad SMARTS) is 1. The number of amides is 4. The number of aliphatic carboxylic acids is 1. The van der Waals surface area contributed by atoms with Crippen LogP contribution in [0.4, 0.5) is 0 Å². The molecule has 4 atom stereocenters. The predicted molar refractivity (Wildman–Crippen MR) is 135 cm³/mol. The van der Waals surface area contributed by atoms with Gasteiger partial charge in [0.15, 0.2) is 0 Å². The molecule has 0 saturated heterocycles. The van der Waals surface area contributed by atoms with E-state index in [1.54, 1.807) is 0 Å². The van der Waals surface area contributed by atoms with E-state index in [2.05, 4.69) is 16.0 Å². The fourth-order valence-electron chi connectivity index (χ4n) is 2.95.